The average Bonchev–Trinajstić information content (AvgIpc) is 2.60. The molecule has 2 unspecified atom stereocenters. The van der Waals surface area contributed by atoms with Crippen LogP contribution in [0.5, 0.6) is 0 Å². The van der Waals surface area contributed by atoms with Crippen LogP contribution in [-0.2, 0) is 9.59 Å². The summed E-state index contributed by atoms with van der Waals surface area (Å²) in [6.45, 7) is 1.32. The number of carbonyl (C=O) groups is 3. The molecule has 0 bridgehead atoms. The van der Waals surface area contributed by atoms with Gasteiger partial charge in [-0.15, -0.1) is 0 Å². The summed E-state index contributed by atoms with van der Waals surface area (Å²) in [4.78, 5) is 34.2. The predicted octanol–water partition coefficient (Wildman–Crippen LogP) is -1.91. The normalized spacial score (nSPS) is 25.4. The molecule has 1 rings (SSSR count). The van der Waals surface area contributed by atoms with Crippen LogP contribution in [0.3, 0.4) is 0 Å². The van der Waals surface area contributed by atoms with E-state index in [1.807, 2.05) is 0 Å². The molecule has 1 fully saturated rings. The number of primary amides is 1. The van der Waals surface area contributed by atoms with E-state index in [1.54, 1.807) is 0 Å². The van der Waals surface area contributed by atoms with Gasteiger partial charge in [-0.1, -0.05) is 0 Å². The van der Waals surface area contributed by atoms with E-state index in [4.69, 9.17) is 10.8 Å². The van der Waals surface area contributed by atoms with Gasteiger partial charge in [0.15, 0.2) is 0 Å². The first-order chi connectivity index (χ1) is 7.82. The van der Waals surface area contributed by atoms with Crippen LogP contribution in [-0.4, -0.2) is 57.8 Å². The van der Waals surface area contributed by atoms with Gasteiger partial charge >= 0.3 is 12.0 Å². The monoisotopic (exact) mass is 245 g/mol. The lowest BCUT2D eigenvalue weighted by molar-refractivity contribution is -0.141. The minimum atomic E-state index is -1.19. The summed E-state index contributed by atoms with van der Waals surface area (Å²) in [5.41, 5.74) is 4.97. The summed E-state index contributed by atoms with van der Waals surface area (Å²) in [5.74, 6) is -1.91. The zero-order valence-corrected chi connectivity index (χ0v) is 9.29. The molecule has 1 aliphatic rings. The summed E-state index contributed by atoms with van der Waals surface area (Å²) in [7, 11) is 0. The number of hydrogen-bond donors (Lipinski definition) is 4. The Bertz CT molecular complexity index is 346. The maximum absolute atomic E-state index is 11.7. The van der Waals surface area contributed by atoms with E-state index in [0.29, 0.717) is 0 Å². The van der Waals surface area contributed by atoms with Crippen LogP contribution in [0.15, 0.2) is 0 Å². The van der Waals surface area contributed by atoms with Crippen molar-refractivity contribution < 1.29 is 24.6 Å². The van der Waals surface area contributed by atoms with Gasteiger partial charge < -0.3 is 26.2 Å². The number of nitrogens with zero attached hydrogens (tertiary/aromatic N) is 1. The number of aliphatic hydroxyl groups excluding tert-OH is 1. The van der Waals surface area contributed by atoms with E-state index in [0.717, 1.165) is 4.90 Å². The van der Waals surface area contributed by atoms with Crippen molar-refractivity contribution >= 4 is 17.9 Å². The Morgan fingerprint density at radius 3 is 2.53 bits per heavy atom. The number of amides is 3. The number of carboxylic acids is 1. The van der Waals surface area contributed by atoms with Crippen LogP contribution < -0.4 is 11.1 Å². The third kappa shape index (κ3) is 3.06. The van der Waals surface area contributed by atoms with Gasteiger partial charge in [0, 0.05) is 13.0 Å². The maximum Gasteiger partial charge on any atom is 0.326 e. The summed E-state index contributed by atoms with van der Waals surface area (Å²) < 4.78 is 0. The van der Waals surface area contributed by atoms with Crippen LogP contribution in [0.25, 0.3) is 0 Å². The molecule has 1 saturated heterocycles. The quantitative estimate of drug-likeness (QED) is 0.460. The van der Waals surface area contributed by atoms with Crippen molar-refractivity contribution in [2.45, 2.75) is 31.5 Å². The number of carbonyl (C=O) groups excluding carboxylic acids is 2. The number of carboxylic acid groups (broad SMARTS) is 1. The molecular weight excluding hydrogens is 230 g/mol. The molecule has 0 aliphatic carbocycles. The third-order valence-corrected chi connectivity index (χ3v) is 2.59. The fraction of sp³-hybridized carbons (Fsp3) is 0.667. The Balaban J connectivity index is 2.67. The summed E-state index contributed by atoms with van der Waals surface area (Å²) in [5, 5.41) is 20.5. The molecule has 17 heavy (non-hydrogen) atoms. The zero-order chi connectivity index (χ0) is 13.2. The lowest BCUT2D eigenvalue weighted by Crippen LogP contribution is -2.51. The van der Waals surface area contributed by atoms with Gasteiger partial charge in [-0.3, -0.25) is 4.79 Å². The summed E-state index contributed by atoms with van der Waals surface area (Å²) in [6, 6.07) is -2.69. The molecule has 0 aromatic heterocycles. The lowest BCUT2D eigenvalue weighted by atomic mass is 10.2. The minimum absolute atomic E-state index is 0.0201. The molecule has 8 heteroatoms. The molecule has 8 nitrogen and oxygen atoms in total. The van der Waals surface area contributed by atoms with E-state index in [1.165, 1.54) is 6.92 Å². The van der Waals surface area contributed by atoms with Crippen molar-refractivity contribution in [1.29, 1.82) is 0 Å². The minimum Gasteiger partial charge on any atom is -0.480 e. The first-order valence-corrected chi connectivity index (χ1v) is 5.10. The second kappa shape index (κ2) is 5.00. The van der Waals surface area contributed by atoms with Gasteiger partial charge in [-0.2, -0.15) is 0 Å². The number of rotatable bonds is 3. The molecule has 0 spiro atoms. The highest BCUT2D eigenvalue weighted by Crippen LogP contribution is 2.18. The number of nitrogens with one attached hydrogen (secondary N) is 1. The van der Waals surface area contributed by atoms with E-state index >= 15 is 0 Å². The smallest absolute Gasteiger partial charge is 0.326 e. The Kier molecular flexibility index (Phi) is 3.89. The fourth-order valence-corrected chi connectivity index (χ4v) is 1.61. The molecule has 3 amide bonds. The third-order valence-electron chi connectivity index (χ3n) is 2.59. The van der Waals surface area contributed by atoms with Gasteiger partial charge in [-0.05, 0) is 6.92 Å². The Morgan fingerprint density at radius 1 is 1.47 bits per heavy atom. The van der Waals surface area contributed by atoms with Crippen LogP contribution in [0.1, 0.15) is 13.3 Å². The Labute approximate surface area is 97.4 Å². The van der Waals surface area contributed by atoms with Gasteiger partial charge in [0.25, 0.3) is 0 Å². The van der Waals surface area contributed by atoms with Crippen molar-refractivity contribution in [3.63, 3.8) is 0 Å². The number of nitrogens with two attached hydrogens (primary N) is 1. The molecule has 96 valence electrons. The van der Waals surface area contributed by atoms with Crippen molar-refractivity contribution in [3.05, 3.63) is 0 Å². The number of likely N-dealkylation sites (tertiary alicyclic amines) is 1. The Hall–Kier alpha value is -1.83. The van der Waals surface area contributed by atoms with Crippen LogP contribution >= 0.6 is 0 Å². The fourth-order valence-electron chi connectivity index (χ4n) is 1.61. The second-order valence-corrected chi connectivity index (χ2v) is 3.97. The number of β-amino-alcohol motifs (C(OH)–C–C–N with tert-alkyl or cyclic N) is 1. The molecule has 5 N–H and O–H groups in total. The summed E-state index contributed by atoms with van der Waals surface area (Å²) >= 11 is 0. The number of aliphatic hydroxyl groups is 1. The average molecular weight is 245 g/mol. The van der Waals surface area contributed by atoms with Crippen molar-refractivity contribution in [1.82, 2.24) is 10.2 Å². The van der Waals surface area contributed by atoms with E-state index in [2.05, 4.69) is 5.32 Å². The first kappa shape index (κ1) is 13.2. The number of hydrogen-bond acceptors (Lipinski definition) is 4. The van der Waals surface area contributed by atoms with Gasteiger partial charge in [-0.25, -0.2) is 9.59 Å². The van der Waals surface area contributed by atoms with Gasteiger partial charge in [0.05, 0.1) is 6.10 Å². The van der Waals surface area contributed by atoms with Crippen molar-refractivity contribution in [2.24, 2.45) is 5.73 Å². The standard InChI is InChI=1S/C9H15N3O5/c1-4(7(10)14)11-9(17)12-3-5(13)2-6(12)8(15)16/h4-6,13H,2-3H2,1H3,(H2,10,14)(H,11,17)(H,15,16)/t4?,5?,6-/m0/s1. The first-order valence-electron chi connectivity index (χ1n) is 5.10. The Morgan fingerprint density at radius 2 is 2.06 bits per heavy atom. The maximum atomic E-state index is 11.7. The highest BCUT2D eigenvalue weighted by molar-refractivity contribution is 5.88. The highest BCUT2D eigenvalue weighted by atomic mass is 16.4. The molecule has 1 heterocycles. The van der Waals surface area contributed by atoms with E-state index in [-0.39, 0.29) is 13.0 Å². The zero-order valence-electron chi connectivity index (χ0n) is 9.29. The second-order valence-electron chi connectivity index (χ2n) is 3.97. The highest BCUT2D eigenvalue weighted by Gasteiger charge is 2.39. The largest absolute Gasteiger partial charge is 0.480 e. The predicted molar refractivity (Wildman–Crippen MR) is 55.9 cm³/mol. The van der Waals surface area contributed by atoms with Gasteiger partial charge in [0.1, 0.15) is 12.1 Å². The molecule has 0 radical (unpaired) electrons. The molecular formula is C9H15N3O5. The van der Waals surface area contributed by atoms with E-state index < -0.39 is 36.1 Å². The van der Waals surface area contributed by atoms with Gasteiger partial charge in [0.2, 0.25) is 5.91 Å². The van der Waals surface area contributed by atoms with Crippen LogP contribution in [0.2, 0.25) is 0 Å². The number of urea groups is 1. The molecule has 0 saturated carbocycles. The van der Waals surface area contributed by atoms with E-state index in [9.17, 15) is 19.5 Å². The van der Waals surface area contributed by atoms with Crippen LogP contribution in [0.4, 0.5) is 4.79 Å². The SMILES string of the molecule is CC(NC(=O)N1CC(O)C[C@H]1C(=O)O)C(N)=O. The molecule has 3 atom stereocenters. The van der Waals surface area contributed by atoms with Crippen molar-refractivity contribution in [3.8, 4) is 0 Å². The summed E-state index contributed by atoms with van der Waals surface area (Å²) in [6.07, 6.45) is -0.890. The topological polar surface area (TPSA) is 133 Å². The van der Waals surface area contributed by atoms with Crippen LogP contribution in [0, 0.1) is 0 Å². The molecule has 0 aromatic rings. The lowest BCUT2D eigenvalue weighted by Gasteiger charge is -2.23. The van der Waals surface area contributed by atoms with Crippen molar-refractivity contribution in [2.75, 3.05) is 6.54 Å². The molecule has 0 aromatic carbocycles. The number of aliphatic carboxylic acids is 1. The molecule has 1 aliphatic heterocycles.